The lowest BCUT2D eigenvalue weighted by Gasteiger charge is -2.00. The van der Waals surface area contributed by atoms with Gasteiger partial charge in [0.2, 0.25) is 0 Å². The van der Waals surface area contributed by atoms with Gasteiger partial charge in [0.05, 0.1) is 0 Å². The van der Waals surface area contributed by atoms with Crippen LogP contribution in [0.4, 0.5) is 0 Å². The summed E-state index contributed by atoms with van der Waals surface area (Å²) in [5.74, 6) is 0. The van der Waals surface area contributed by atoms with Crippen LogP contribution in [0.5, 0.6) is 0 Å². The lowest BCUT2D eigenvalue weighted by molar-refractivity contribution is 0.657. The van der Waals surface area contributed by atoms with Gasteiger partial charge in [0.15, 0.2) is 0 Å². The topological polar surface area (TPSA) is 54.7 Å². The molecular formula is C7H13N3. The maximum absolute atomic E-state index is 5.57. The summed E-state index contributed by atoms with van der Waals surface area (Å²) in [5.41, 5.74) is 6.74. The number of aromatic nitrogens is 2. The van der Waals surface area contributed by atoms with Crippen LogP contribution in [-0.2, 0) is 6.42 Å². The number of nitrogens with two attached hydrogens (primary N) is 1. The second kappa shape index (κ2) is 3.37. The van der Waals surface area contributed by atoms with Crippen LogP contribution in [0.3, 0.4) is 0 Å². The van der Waals surface area contributed by atoms with Crippen molar-refractivity contribution in [1.82, 2.24) is 10.2 Å². The van der Waals surface area contributed by atoms with Crippen LogP contribution < -0.4 is 5.73 Å². The summed E-state index contributed by atoms with van der Waals surface area (Å²) in [6.45, 7) is 2.01. The summed E-state index contributed by atoms with van der Waals surface area (Å²) >= 11 is 0. The Labute approximate surface area is 60.6 Å². The first kappa shape index (κ1) is 7.28. The van der Waals surface area contributed by atoms with E-state index in [1.54, 1.807) is 6.20 Å². The molecule has 0 aromatic carbocycles. The summed E-state index contributed by atoms with van der Waals surface area (Å²) in [5, 5.41) is 6.72. The molecule has 0 aliphatic heterocycles. The van der Waals surface area contributed by atoms with Crippen molar-refractivity contribution in [3.05, 3.63) is 18.0 Å². The molecule has 1 aromatic heterocycles. The van der Waals surface area contributed by atoms with Gasteiger partial charge in [0.25, 0.3) is 0 Å². The molecule has 3 N–H and O–H groups in total. The van der Waals surface area contributed by atoms with Crippen LogP contribution in [-0.4, -0.2) is 16.2 Å². The standard InChI is InChI=1S/C7H13N3/c1-6(8)2-3-7-4-5-9-10-7/h4-6H,2-3,8H2,1H3,(H,9,10)/t6-/m1/s1. The monoisotopic (exact) mass is 139 g/mol. The minimum absolute atomic E-state index is 0.281. The number of aryl methyl sites for hydroxylation is 1. The molecule has 0 fully saturated rings. The Hall–Kier alpha value is -0.830. The molecule has 0 aliphatic carbocycles. The number of rotatable bonds is 3. The van der Waals surface area contributed by atoms with E-state index in [0.717, 1.165) is 18.5 Å². The van der Waals surface area contributed by atoms with Gasteiger partial charge in [0, 0.05) is 17.9 Å². The van der Waals surface area contributed by atoms with E-state index in [1.165, 1.54) is 0 Å². The molecule has 1 atom stereocenters. The summed E-state index contributed by atoms with van der Waals surface area (Å²) in [4.78, 5) is 0. The first-order valence-corrected chi connectivity index (χ1v) is 3.53. The largest absolute Gasteiger partial charge is 0.328 e. The van der Waals surface area contributed by atoms with Crippen LogP contribution in [0.1, 0.15) is 19.0 Å². The van der Waals surface area contributed by atoms with Crippen LogP contribution in [0.25, 0.3) is 0 Å². The van der Waals surface area contributed by atoms with E-state index in [2.05, 4.69) is 10.2 Å². The smallest absolute Gasteiger partial charge is 0.0490 e. The fraction of sp³-hybridized carbons (Fsp3) is 0.571. The molecule has 0 saturated carbocycles. The quantitative estimate of drug-likeness (QED) is 0.647. The van der Waals surface area contributed by atoms with Crippen molar-refractivity contribution < 1.29 is 0 Å². The van der Waals surface area contributed by atoms with Crippen molar-refractivity contribution in [3.63, 3.8) is 0 Å². The number of nitrogens with zero attached hydrogens (tertiary/aromatic N) is 1. The Morgan fingerprint density at radius 1 is 1.80 bits per heavy atom. The van der Waals surface area contributed by atoms with Crippen LogP contribution in [0.15, 0.2) is 12.3 Å². The van der Waals surface area contributed by atoms with Gasteiger partial charge < -0.3 is 5.73 Å². The number of nitrogens with one attached hydrogen (secondary N) is 1. The fourth-order valence-corrected chi connectivity index (χ4v) is 0.807. The van der Waals surface area contributed by atoms with Gasteiger partial charge in [-0.15, -0.1) is 0 Å². The normalized spacial score (nSPS) is 13.4. The maximum Gasteiger partial charge on any atom is 0.0490 e. The van der Waals surface area contributed by atoms with E-state index in [9.17, 15) is 0 Å². The average Bonchev–Trinajstić information content (AvgIpc) is 2.34. The molecule has 0 aliphatic rings. The minimum atomic E-state index is 0.281. The van der Waals surface area contributed by atoms with E-state index in [-0.39, 0.29) is 6.04 Å². The highest BCUT2D eigenvalue weighted by atomic mass is 15.1. The third-order valence-corrected chi connectivity index (χ3v) is 1.43. The summed E-state index contributed by atoms with van der Waals surface area (Å²) in [7, 11) is 0. The Bertz CT molecular complexity index is 167. The number of hydrogen-bond acceptors (Lipinski definition) is 2. The van der Waals surface area contributed by atoms with Gasteiger partial charge >= 0.3 is 0 Å². The zero-order valence-corrected chi connectivity index (χ0v) is 6.17. The SMILES string of the molecule is C[C@@H](N)CCc1ccn[nH]1. The highest BCUT2D eigenvalue weighted by Gasteiger charge is 1.96. The predicted octanol–water partition coefficient (Wildman–Crippen LogP) is 0.690. The van der Waals surface area contributed by atoms with Crippen molar-refractivity contribution in [1.29, 1.82) is 0 Å². The number of H-pyrrole nitrogens is 1. The molecule has 0 spiro atoms. The van der Waals surface area contributed by atoms with Gasteiger partial charge in [-0.25, -0.2) is 0 Å². The zero-order valence-electron chi connectivity index (χ0n) is 6.17. The Kier molecular flexibility index (Phi) is 2.45. The number of aromatic amines is 1. The van der Waals surface area contributed by atoms with Crippen molar-refractivity contribution >= 4 is 0 Å². The molecule has 1 rings (SSSR count). The van der Waals surface area contributed by atoms with Gasteiger partial charge in [-0.05, 0) is 25.8 Å². The van der Waals surface area contributed by atoms with Gasteiger partial charge in [-0.1, -0.05) is 0 Å². The van der Waals surface area contributed by atoms with Crippen molar-refractivity contribution in [2.24, 2.45) is 5.73 Å². The van der Waals surface area contributed by atoms with Crippen LogP contribution in [0.2, 0.25) is 0 Å². The van der Waals surface area contributed by atoms with Crippen LogP contribution in [0, 0.1) is 0 Å². The third kappa shape index (κ3) is 2.19. The van der Waals surface area contributed by atoms with Crippen molar-refractivity contribution in [2.75, 3.05) is 0 Å². The molecule has 3 nitrogen and oxygen atoms in total. The molecule has 0 radical (unpaired) electrons. The highest BCUT2D eigenvalue weighted by Crippen LogP contribution is 1.98. The molecule has 56 valence electrons. The molecule has 10 heavy (non-hydrogen) atoms. The summed E-state index contributed by atoms with van der Waals surface area (Å²) < 4.78 is 0. The zero-order chi connectivity index (χ0) is 7.40. The fourth-order valence-electron chi connectivity index (χ4n) is 0.807. The molecule has 0 saturated heterocycles. The molecular weight excluding hydrogens is 126 g/mol. The molecule has 0 bridgehead atoms. The van der Waals surface area contributed by atoms with Gasteiger partial charge in [0.1, 0.15) is 0 Å². The maximum atomic E-state index is 5.57. The molecule has 3 heteroatoms. The lowest BCUT2D eigenvalue weighted by Crippen LogP contribution is -2.15. The van der Waals surface area contributed by atoms with Gasteiger partial charge in [-0.2, -0.15) is 5.10 Å². The first-order chi connectivity index (χ1) is 4.79. The van der Waals surface area contributed by atoms with E-state index in [1.807, 2.05) is 13.0 Å². The molecule has 1 heterocycles. The van der Waals surface area contributed by atoms with E-state index >= 15 is 0 Å². The second-order valence-corrected chi connectivity index (χ2v) is 2.60. The highest BCUT2D eigenvalue weighted by molar-refractivity contribution is 4.97. The summed E-state index contributed by atoms with van der Waals surface area (Å²) in [6.07, 6.45) is 3.77. The average molecular weight is 139 g/mol. The number of hydrogen-bond donors (Lipinski definition) is 2. The molecule has 0 amide bonds. The second-order valence-electron chi connectivity index (χ2n) is 2.60. The first-order valence-electron chi connectivity index (χ1n) is 3.53. The third-order valence-electron chi connectivity index (χ3n) is 1.43. The van der Waals surface area contributed by atoms with E-state index in [0.29, 0.717) is 0 Å². The van der Waals surface area contributed by atoms with Gasteiger partial charge in [-0.3, -0.25) is 5.10 Å². The van der Waals surface area contributed by atoms with E-state index < -0.39 is 0 Å². The van der Waals surface area contributed by atoms with Crippen molar-refractivity contribution in [2.45, 2.75) is 25.8 Å². The van der Waals surface area contributed by atoms with Crippen LogP contribution >= 0.6 is 0 Å². The predicted molar refractivity (Wildman–Crippen MR) is 40.6 cm³/mol. The lowest BCUT2D eigenvalue weighted by atomic mass is 10.1. The Morgan fingerprint density at radius 2 is 2.60 bits per heavy atom. The summed E-state index contributed by atoms with van der Waals surface area (Å²) in [6, 6.07) is 2.26. The Morgan fingerprint density at radius 3 is 3.10 bits per heavy atom. The molecule has 1 aromatic rings. The van der Waals surface area contributed by atoms with Crippen molar-refractivity contribution in [3.8, 4) is 0 Å². The molecule has 0 unspecified atom stereocenters. The van der Waals surface area contributed by atoms with E-state index in [4.69, 9.17) is 5.73 Å². The Balaban J connectivity index is 2.28. The minimum Gasteiger partial charge on any atom is -0.328 e.